The van der Waals surface area contributed by atoms with Gasteiger partial charge in [0.25, 0.3) is 10.0 Å². The van der Waals surface area contributed by atoms with E-state index in [9.17, 15) is 8.42 Å². The predicted molar refractivity (Wildman–Crippen MR) is 124 cm³/mol. The number of methoxy groups -OCH3 is 1. The van der Waals surface area contributed by atoms with Crippen molar-refractivity contribution in [1.29, 1.82) is 0 Å². The first-order valence-corrected chi connectivity index (χ1v) is 11.8. The van der Waals surface area contributed by atoms with Gasteiger partial charge in [-0.1, -0.05) is 12.1 Å². The number of anilines is 2. The number of hydrogen-bond acceptors (Lipinski definition) is 6. The maximum Gasteiger partial charge on any atom is 0.266 e. The van der Waals surface area contributed by atoms with Gasteiger partial charge in [-0.15, -0.1) is 0 Å². The monoisotopic (exact) mass is 451 g/mol. The first kappa shape index (κ1) is 20.4. The fraction of sp³-hybridized carbons (Fsp3) is 0.261. The van der Waals surface area contributed by atoms with Crippen molar-refractivity contribution in [1.82, 2.24) is 8.87 Å². The minimum absolute atomic E-state index is 0.0109. The molecule has 0 spiro atoms. The minimum atomic E-state index is -3.81. The highest BCUT2D eigenvalue weighted by Gasteiger charge is 2.35. The van der Waals surface area contributed by atoms with Gasteiger partial charge in [0, 0.05) is 25.5 Å². The molecule has 0 radical (unpaired) electrons. The molecule has 0 amide bonds. The highest BCUT2D eigenvalue weighted by molar-refractivity contribution is 7.89. The van der Waals surface area contributed by atoms with Gasteiger partial charge in [-0.3, -0.25) is 0 Å². The fourth-order valence-electron chi connectivity index (χ4n) is 4.38. The van der Waals surface area contributed by atoms with Crippen molar-refractivity contribution in [3.63, 3.8) is 0 Å². The molecule has 0 saturated carbocycles. The summed E-state index contributed by atoms with van der Waals surface area (Å²) in [4.78, 5) is 6.85. The summed E-state index contributed by atoms with van der Waals surface area (Å²) in [5.74, 6) is 1.82. The van der Waals surface area contributed by atoms with Gasteiger partial charge in [-0.2, -0.15) is 0 Å². The van der Waals surface area contributed by atoms with Crippen molar-refractivity contribution in [3.8, 4) is 5.75 Å². The number of benzene rings is 2. The number of ether oxygens (including phenoxy) is 1. The van der Waals surface area contributed by atoms with E-state index < -0.39 is 10.0 Å². The summed E-state index contributed by atoms with van der Waals surface area (Å²) >= 11 is 0. The topological polar surface area (TPSA) is 93.2 Å². The van der Waals surface area contributed by atoms with Crippen LogP contribution in [0.2, 0.25) is 0 Å². The third kappa shape index (κ3) is 3.29. The lowest BCUT2D eigenvalue weighted by Gasteiger charge is -2.21. The van der Waals surface area contributed by atoms with Gasteiger partial charge in [0.2, 0.25) is 5.96 Å². The van der Waals surface area contributed by atoms with Crippen LogP contribution in [0.25, 0.3) is 0 Å². The number of fused-ring (bicyclic) bond motifs is 1. The highest BCUT2D eigenvalue weighted by Crippen LogP contribution is 2.37. The second kappa shape index (κ2) is 7.59. The van der Waals surface area contributed by atoms with Gasteiger partial charge in [-0.25, -0.2) is 17.7 Å². The van der Waals surface area contributed by atoms with Gasteiger partial charge >= 0.3 is 0 Å². The van der Waals surface area contributed by atoms with E-state index in [1.165, 1.54) is 4.31 Å². The van der Waals surface area contributed by atoms with Crippen LogP contribution in [0.3, 0.4) is 0 Å². The lowest BCUT2D eigenvalue weighted by Crippen LogP contribution is -2.39. The quantitative estimate of drug-likeness (QED) is 0.644. The third-order valence-corrected chi connectivity index (χ3v) is 7.88. The van der Waals surface area contributed by atoms with Gasteiger partial charge in [0.1, 0.15) is 11.6 Å². The normalized spacial score (nSPS) is 18.1. The molecule has 1 aromatic heterocycles. The number of aryl methyl sites for hydroxylation is 1. The SMILES string of the molecule is COc1ccc(C2CN(S(=O)(=O)c3ccc4c(c3)CCN4c3cccn3C)C(N)=N2)cc1. The standard InChI is InChI=1S/C23H25N5O3S/c1-26-12-3-4-22(26)27-13-11-17-14-19(9-10-21(17)27)32(29,30)28-15-20(25-23(28)24)16-5-7-18(31-2)8-6-16/h3-10,12,14,20H,11,13,15H2,1-2H3,(H2,24,25). The Kier molecular flexibility index (Phi) is 4.85. The largest absolute Gasteiger partial charge is 0.497 e. The molecule has 3 aromatic rings. The number of nitrogens with two attached hydrogens (primary N) is 1. The van der Waals surface area contributed by atoms with Crippen LogP contribution in [0.4, 0.5) is 11.5 Å². The zero-order valence-corrected chi connectivity index (χ0v) is 18.8. The lowest BCUT2D eigenvalue weighted by molar-refractivity contribution is 0.414. The molecule has 0 aliphatic carbocycles. The van der Waals surface area contributed by atoms with E-state index in [2.05, 4.69) is 20.5 Å². The smallest absolute Gasteiger partial charge is 0.266 e. The third-order valence-electron chi connectivity index (χ3n) is 6.11. The second-order valence-corrected chi connectivity index (χ2v) is 9.84. The van der Waals surface area contributed by atoms with Gasteiger partial charge in [0.15, 0.2) is 0 Å². The molecule has 2 aromatic carbocycles. The maximum absolute atomic E-state index is 13.4. The van der Waals surface area contributed by atoms with Crippen molar-refractivity contribution in [2.75, 3.05) is 25.1 Å². The molecule has 2 aliphatic rings. The average Bonchev–Trinajstić information content (AvgIpc) is 3.51. The average molecular weight is 452 g/mol. The Morgan fingerprint density at radius 3 is 2.59 bits per heavy atom. The Bertz CT molecular complexity index is 1300. The van der Waals surface area contributed by atoms with E-state index >= 15 is 0 Å². The molecule has 8 nitrogen and oxygen atoms in total. The van der Waals surface area contributed by atoms with E-state index in [1.807, 2.05) is 49.6 Å². The van der Waals surface area contributed by atoms with Crippen LogP contribution in [-0.2, 0) is 23.5 Å². The van der Waals surface area contributed by atoms with Crippen LogP contribution in [0.1, 0.15) is 17.2 Å². The van der Waals surface area contributed by atoms with Crippen LogP contribution in [0, 0.1) is 0 Å². The molecule has 0 saturated heterocycles. The molecule has 1 atom stereocenters. The van der Waals surface area contributed by atoms with E-state index in [1.54, 1.807) is 19.2 Å². The minimum Gasteiger partial charge on any atom is -0.497 e. The zero-order chi connectivity index (χ0) is 22.5. The summed E-state index contributed by atoms with van der Waals surface area (Å²) in [6, 6.07) is 16.4. The number of hydrogen-bond donors (Lipinski definition) is 1. The molecule has 32 heavy (non-hydrogen) atoms. The van der Waals surface area contributed by atoms with Crippen LogP contribution in [0.15, 0.2) is 70.7 Å². The van der Waals surface area contributed by atoms with Gasteiger partial charge in [-0.05, 0) is 60.0 Å². The number of aliphatic imine (C=N–C) groups is 1. The molecule has 2 aliphatic heterocycles. The maximum atomic E-state index is 13.4. The van der Waals surface area contributed by atoms with E-state index in [0.717, 1.165) is 41.3 Å². The molecular weight excluding hydrogens is 426 g/mol. The Labute approximate surface area is 187 Å². The number of aromatic nitrogens is 1. The molecule has 5 rings (SSSR count). The lowest BCUT2D eigenvalue weighted by atomic mass is 10.1. The molecule has 0 fully saturated rings. The first-order valence-electron chi connectivity index (χ1n) is 10.4. The van der Waals surface area contributed by atoms with E-state index in [-0.39, 0.29) is 23.4 Å². The summed E-state index contributed by atoms with van der Waals surface area (Å²) in [5.41, 5.74) is 8.99. The number of rotatable bonds is 5. The van der Waals surface area contributed by atoms with Crippen LogP contribution in [-0.4, -0.2) is 43.4 Å². The Hall–Kier alpha value is -3.46. The number of guanidine groups is 1. The van der Waals surface area contributed by atoms with Crippen molar-refractivity contribution in [2.45, 2.75) is 17.4 Å². The summed E-state index contributed by atoms with van der Waals surface area (Å²) in [5, 5.41) is 0. The summed E-state index contributed by atoms with van der Waals surface area (Å²) < 4.78 is 35.3. The second-order valence-electron chi connectivity index (χ2n) is 7.98. The molecule has 166 valence electrons. The fourth-order valence-corrected chi connectivity index (χ4v) is 5.80. The summed E-state index contributed by atoms with van der Waals surface area (Å²) in [6.07, 6.45) is 2.78. The summed E-state index contributed by atoms with van der Waals surface area (Å²) in [7, 11) is -0.211. The van der Waals surface area contributed by atoms with Crippen molar-refractivity contribution in [3.05, 3.63) is 71.9 Å². The summed E-state index contributed by atoms with van der Waals surface area (Å²) in [6.45, 7) is 0.983. The van der Waals surface area contributed by atoms with Crippen LogP contribution >= 0.6 is 0 Å². The van der Waals surface area contributed by atoms with Gasteiger partial charge < -0.3 is 19.9 Å². The Morgan fingerprint density at radius 2 is 1.91 bits per heavy atom. The number of nitrogens with zero attached hydrogens (tertiary/aromatic N) is 4. The van der Waals surface area contributed by atoms with Crippen LogP contribution in [0.5, 0.6) is 5.75 Å². The molecular formula is C23H25N5O3S. The molecule has 9 heteroatoms. The molecule has 1 unspecified atom stereocenters. The van der Waals surface area contributed by atoms with Gasteiger partial charge in [0.05, 0.1) is 24.6 Å². The highest BCUT2D eigenvalue weighted by atomic mass is 32.2. The van der Waals surface area contributed by atoms with E-state index in [4.69, 9.17) is 10.5 Å². The number of sulfonamides is 1. The molecule has 2 N–H and O–H groups in total. The van der Waals surface area contributed by atoms with Crippen molar-refractivity contribution >= 4 is 27.5 Å². The van der Waals surface area contributed by atoms with Crippen molar-refractivity contribution < 1.29 is 13.2 Å². The van der Waals surface area contributed by atoms with Crippen LogP contribution < -0.4 is 15.4 Å². The first-order chi connectivity index (χ1) is 15.4. The van der Waals surface area contributed by atoms with Crippen molar-refractivity contribution in [2.24, 2.45) is 17.8 Å². The molecule has 3 heterocycles. The van der Waals surface area contributed by atoms with E-state index in [0.29, 0.717) is 0 Å². The Morgan fingerprint density at radius 1 is 1.12 bits per heavy atom. The zero-order valence-electron chi connectivity index (χ0n) is 18.0. The Balaban J connectivity index is 1.40. The predicted octanol–water partition coefficient (Wildman–Crippen LogP) is 2.79. The molecule has 0 bridgehead atoms.